The van der Waals surface area contributed by atoms with Gasteiger partial charge >= 0.3 is 0 Å². The van der Waals surface area contributed by atoms with Crippen LogP contribution >= 0.6 is 0 Å². The first kappa shape index (κ1) is 8.53. The lowest BCUT2D eigenvalue weighted by Crippen LogP contribution is -1.97. The zero-order valence-electron chi connectivity index (χ0n) is 6.91. The number of para-hydroxylation sites is 1. The van der Waals surface area contributed by atoms with Crippen molar-refractivity contribution < 1.29 is 9.53 Å². The van der Waals surface area contributed by atoms with Crippen molar-refractivity contribution in [3.8, 4) is 5.75 Å². The van der Waals surface area contributed by atoms with E-state index in [-0.39, 0.29) is 5.78 Å². The number of rotatable bonds is 3. The number of benzene rings is 1. The van der Waals surface area contributed by atoms with Crippen LogP contribution in [0.1, 0.15) is 10.4 Å². The summed E-state index contributed by atoms with van der Waals surface area (Å²) in [5.41, 5.74) is 0.551. The summed E-state index contributed by atoms with van der Waals surface area (Å²) < 4.78 is 5.00. The lowest BCUT2D eigenvalue weighted by molar-refractivity contribution is 0.104. The van der Waals surface area contributed by atoms with E-state index in [2.05, 4.69) is 6.58 Å². The summed E-state index contributed by atoms with van der Waals surface area (Å²) in [6, 6.07) is 7.07. The predicted octanol–water partition coefficient (Wildman–Crippen LogP) is 2.06. The van der Waals surface area contributed by atoms with Gasteiger partial charge in [0.05, 0.1) is 12.7 Å². The van der Waals surface area contributed by atoms with Crippen molar-refractivity contribution in [2.45, 2.75) is 0 Å². The minimum absolute atomic E-state index is 0.118. The molecule has 0 unspecified atom stereocenters. The van der Waals surface area contributed by atoms with E-state index in [9.17, 15) is 4.79 Å². The summed E-state index contributed by atoms with van der Waals surface area (Å²) >= 11 is 0. The Morgan fingerprint density at radius 2 is 2.17 bits per heavy atom. The lowest BCUT2D eigenvalue weighted by atomic mass is 10.1. The number of hydrogen-bond donors (Lipinski definition) is 0. The molecule has 0 aliphatic rings. The van der Waals surface area contributed by atoms with Crippen LogP contribution in [0.15, 0.2) is 36.9 Å². The number of ether oxygens (including phenoxy) is 1. The molecule has 62 valence electrons. The zero-order valence-corrected chi connectivity index (χ0v) is 6.91. The van der Waals surface area contributed by atoms with E-state index in [0.717, 1.165) is 0 Å². The van der Waals surface area contributed by atoms with Crippen LogP contribution < -0.4 is 4.74 Å². The molecule has 1 rings (SSSR count). The van der Waals surface area contributed by atoms with Gasteiger partial charge in [0.15, 0.2) is 5.78 Å². The van der Waals surface area contributed by atoms with E-state index in [1.54, 1.807) is 18.2 Å². The average Bonchev–Trinajstić information content (AvgIpc) is 2.16. The van der Waals surface area contributed by atoms with Crippen molar-refractivity contribution in [3.63, 3.8) is 0 Å². The second kappa shape index (κ2) is 3.72. The molecule has 0 atom stereocenters. The van der Waals surface area contributed by atoms with Crippen molar-refractivity contribution in [2.75, 3.05) is 7.11 Å². The smallest absolute Gasteiger partial charge is 0.188 e. The molecule has 2 nitrogen and oxygen atoms in total. The number of hydrogen-bond acceptors (Lipinski definition) is 2. The van der Waals surface area contributed by atoms with Crippen LogP contribution in [0.5, 0.6) is 5.75 Å². The molecule has 1 aromatic carbocycles. The fourth-order valence-electron chi connectivity index (χ4n) is 0.958. The molecule has 0 spiro atoms. The molecule has 0 aliphatic carbocycles. The fourth-order valence-corrected chi connectivity index (χ4v) is 0.958. The Hall–Kier alpha value is -1.57. The quantitative estimate of drug-likeness (QED) is 0.502. The van der Waals surface area contributed by atoms with E-state index >= 15 is 0 Å². The molecule has 0 aromatic heterocycles. The Bertz CT molecular complexity index is 302. The van der Waals surface area contributed by atoms with Crippen LogP contribution in [-0.4, -0.2) is 12.9 Å². The maximum absolute atomic E-state index is 11.2. The highest BCUT2D eigenvalue weighted by Gasteiger charge is 2.06. The van der Waals surface area contributed by atoms with Crippen LogP contribution in [0, 0.1) is 0 Å². The third-order valence-corrected chi connectivity index (χ3v) is 1.56. The first-order valence-electron chi connectivity index (χ1n) is 3.59. The highest BCUT2D eigenvalue weighted by molar-refractivity contribution is 6.06. The van der Waals surface area contributed by atoms with E-state index < -0.39 is 0 Å². The van der Waals surface area contributed by atoms with Crippen molar-refractivity contribution in [2.24, 2.45) is 0 Å². The number of methoxy groups -OCH3 is 1. The molecule has 12 heavy (non-hydrogen) atoms. The van der Waals surface area contributed by atoms with Gasteiger partial charge in [-0.05, 0) is 18.2 Å². The molecule has 0 heterocycles. The van der Waals surface area contributed by atoms with Gasteiger partial charge in [-0.3, -0.25) is 4.79 Å². The number of allylic oxidation sites excluding steroid dienone is 1. The largest absolute Gasteiger partial charge is 0.496 e. The Kier molecular flexibility index (Phi) is 2.64. The highest BCUT2D eigenvalue weighted by atomic mass is 16.5. The summed E-state index contributed by atoms with van der Waals surface area (Å²) in [6.45, 7) is 3.41. The van der Waals surface area contributed by atoms with Crippen LogP contribution in [0.2, 0.25) is 0 Å². The molecule has 0 saturated carbocycles. The summed E-state index contributed by atoms with van der Waals surface area (Å²) in [7, 11) is 1.54. The molecule has 0 fully saturated rings. The molecule has 0 saturated heterocycles. The molecule has 2 heteroatoms. The average molecular weight is 162 g/mol. The Morgan fingerprint density at radius 3 is 2.75 bits per heavy atom. The predicted molar refractivity (Wildman–Crippen MR) is 47.5 cm³/mol. The third kappa shape index (κ3) is 1.53. The van der Waals surface area contributed by atoms with Crippen LogP contribution in [0.3, 0.4) is 0 Å². The highest BCUT2D eigenvalue weighted by Crippen LogP contribution is 2.17. The van der Waals surface area contributed by atoms with E-state index in [1.165, 1.54) is 13.2 Å². The minimum Gasteiger partial charge on any atom is -0.496 e. The van der Waals surface area contributed by atoms with Gasteiger partial charge in [0, 0.05) is 0 Å². The van der Waals surface area contributed by atoms with Gasteiger partial charge in [-0.15, -0.1) is 0 Å². The van der Waals surface area contributed by atoms with Crippen LogP contribution in [0.4, 0.5) is 0 Å². The number of carbonyl (C=O) groups excluding carboxylic acids is 1. The van der Waals surface area contributed by atoms with Gasteiger partial charge in [0.1, 0.15) is 5.75 Å². The SMILES string of the molecule is C=CC(=O)c1ccccc1OC. The Labute approximate surface area is 71.5 Å². The van der Waals surface area contributed by atoms with E-state index in [1.807, 2.05) is 6.07 Å². The molecule has 0 amide bonds. The maximum Gasteiger partial charge on any atom is 0.188 e. The first-order valence-corrected chi connectivity index (χ1v) is 3.59. The normalized spacial score (nSPS) is 9.08. The van der Waals surface area contributed by atoms with Crippen molar-refractivity contribution in [1.29, 1.82) is 0 Å². The minimum atomic E-state index is -0.118. The molecular weight excluding hydrogens is 152 g/mol. The summed E-state index contributed by atoms with van der Waals surface area (Å²) in [5, 5.41) is 0. The molecule has 0 radical (unpaired) electrons. The van der Waals surface area contributed by atoms with Crippen molar-refractivity contribution in [1.82, 2.24) is 0 Å². The molecule has 0 aliphatic heterocycles. The first-order chi connectivity index (χ1) is 5.79. The number of carbonyl (C=O) groups is 1. The van der Waals surface area contributed by atoms with Gasteiger partial charge in [-0.25, -0.2) is 0 Å². The summed E-state index contributed by atoms with van der Waals surface area (Å²) in [5.74, 6) is 0.467. The molecule has 0 bridgehead atoms. The second-order valence-corrected chi connectivity index (χ2v) is 2.27. The number of ketones is 1. The topological polar surface area (TPSA) is 26.3 Å². The van der Waals surface area contributed by atoms with Gasteiger partial charge < -0.3 is 4.74 Å². The van der Waals surface area contributed by atoms with Gasteiger partial charge in [0.25, 0.3) is 0 Å². The molecular formula is C10H10O2. The zero-order chi connectivity index (χ0) is 8.97. The molecule has 1 aromatic rings. The maximum atomic E-state index is 11.2. The van der Waals surface area contributed by atoms with Crippen LogP contribution in [-0.2, 0) is 0 Å². The second-order valence-electron chi connectivity index (χ2n) is 2.27. The molecule has 0 N–H and O–H groups in total. The van der Waals surface area contributed by atoms with Gasteiger partial charge in [0.2, 0.25) is 0 Å². The van der Waals surface area contributed by atoms with E-state index in [4.69, 9.17) is 4.74 Å². The monoisotopic (exact) mass is 162 g/mol. The van der Waals surface area contributed by atoms with Gasteiger partial charge in [-0.1, -0.05) is 18.7 Å². The third-order valence-electron chi connectivity index (χ3n) is 1.56. The fraction of sp³-hybridized carbons (Fsp3) is 0.100. The lowest BCUT2D eigenvalue weighted by Gasteiger charge is -2.03. The Balaban J connectivity index is 3.13. The van der Waals surface area contributed by atoms with Crippen molar-refractivity contribution in [3.05, 3.63) is 42.5 Å². The Morgan fingerprint density at radius 1 is 1.50 bits per heavy atom. The van der Waals surface area contributed by atoms with Crippen LogP contribution in [0.25, 0.3) is 0 Å². The van der Waals surface area contributed by atoms with Crippen molar-refractivity contribution >= 4 is 5.78 Å². The van der Waals surface area contributed by atoms with Gasteiger partial charge in [-0.2, -0.15) is 0 Å². The summed E-state index contributed by atoms with van der Waals surface area (Å²) in [6.07, 6.45) is 1.28. The standard InChI is InChI=1S/C10H10O2/c1-3-9(11)8-6-4-5-7-10(8)12-2/h3-7H,1H2,2H3. The van der Waals surface area contributed by atoms with E-state index in [0.29, 0.717) is 11.3 Å². The summed E-state index contributed by atoms with van der Waals surface area (Å²) in [4.78, 5) is 11.2.